The smallest absolute Gasteiger partial charge is 0.325 e. The minimum atomic E-state index is -1.47. The molecule has 3 amide bonds. The number of ether oxygens (including phenoxy) is 2. The first-order valence-electron chi connectivity index (χ1n) is 10.9. The van der Waals surface area contributed by atoms with E-state index in [1.807, 2.05) is 0 Å². The van der Waals surface area contributed by atoms with Crippen LogP contribution in [0.25, 0.3) is 5.65 Å². The quantitative estimate of drug-likeness (QED) is 0.435. The molecule has 176 valence electrons. The minimum Gasteiger partial charge on any atom is -0.497 e. The van der Waals surface area contributed by atoms with Crippen molar-refractivity contribution < 1.29 is 19.1 Å². The lowest BCUT2D eigenvalue weighted by Crippen LogP contribution is -2.45. The molecule has 1 saturated heterocycles. The average Bonchev–Trinajstić information content (AvgIpc) is 3.14. The van der Waals surface area contributed by atoms with Gasteiger partial charge >= 0.3 is 6.03 Å². The Morgan fingerprint density at radius 3 is 2.03 bits per heavy atom. The molecule has 0 unspecified atom stereocenters. The van der Waals surface area contributed by atoms with Gasteiger partial charge in [0.2, 0.25) is 0 Å². The molecule has 0 saturated carbocycles. The number of amides is 3. The molecule has 1 fully saturated rings. The Kier molecular flexibility index (Phi) is 5.44. The molecule has 1 aliphatic heterocycles. The van der Waals surface area contributed by atoms with Crippen molar-refractivity contribution >= 4 is 17.6 Å². The highest BCUT2D eigenvalue weighted by Gasteiger charge is 2.53. The van der Waals surface area contributed by atoms with Crippen molar-refractivity contribution in [3.05, 3.63) is 106 Å². The first kappa shape index (κ1) is 22.1. The minimum absolute atomic E-state index is 0.153. The predicted molar refractivity (Wildman–Crippen MR) is 127 cm³/mol. The summed E-state index contributed by atoms with van der Waals surface area (Å²) in [6.45, 7) is -0.153. The van der Waals surface area contributed by atoms with E-state index in [1.54, 1.807) is 87.1 Å². The number of rotatable bonds is 6. The molecular weight excluding hydrogens is 448 g/mol. The van der Waals surface area contributed by atoms with Crippen LogP contribution in [0.3, 0.4) is 0 Å². The summed E-state index contributed by atoms with van der Waals surface area (Å²) < 4.78 is 11.9. The Balaban J connectivity index is 1.58. The fourth-order valence-corrected chi connectivity index (χ4v) is 4.31. The summed E-state index contributed by atoms with van der Waals surface area (Å²) in [5.41, 5.74) is 0.103. The van der Waals surface area contributed by atoms with Crippen LogP contribution in [0.2, 0.25) is 0 Å². The number of pyridine rings is 1. The van der Waals surface area contributed by atoms with Crippen molar-refractivity contribution in [2.75, 3.05) is 14.2 Å². The lowest BCUT2D eigenvalue weighted by Gasteiger charge is -2.28. The summed E-state index contributed by atoms with van der Waals surface area (Å²) in [4.78, 5) is 45.2. The van der Waals surface area contributed by atoms with Crippen LogP contribution < -0.4 is 20.3 Å². The van der Waals surface area contributed by atoms with E-state index in [2.05, 4.69) is 10.3 Å². The fraction of sp³-hybridized carbons (Fsp3) is 0.154. The van der Waals surface area contributed by atoms with Gasteiger partial charge in [0.15, 0.2) is 5.54 Å². The summed E-state index contributed by atoms with van der Waals surface area (Å²) in [5, 5.41) is 2.89. The van der Waals surface area contributed by atoms with Gasteiger partial charge in [0, 0.05) is 12.3 Å². The van der Waals surface area contributed by atoms with Crippen LogP contribution in [0.5, 0.6) is 11.5 Å². The van der Waals surface area contributed by atoms with E-state index in [9.17, 15) is 14.4 Å². The van der Waals surface area contributed by atoms with E-state index >= 15 is 0 Å². The maximum Gasteiger partial charge on any atom is 0.325 e. The average molecular weight is 470 g/mol. The van der Waals surface area contributed by atoms with Crippen LogP contribution in [-0.2, 0) is 16.9 Å². The first-order chi connectivity index (χ1) is 17.0. The number of carbonyl (C=O) groups excluding carboxylic acids is 2. The zero-order valence-corrected chi connectivity index (χ0v) is 19.1. The number of methoxy groups -OCH3 is 2. The largest absolute Gasteiger partial charge is 0.497 e. The highest BCUT2D eigenvalue weighted by molar-refractivity contribution is 6.09. The summed E-state index contributed by atoms with van der Waals surface area (Å²) in [5.74, 6) is 0.758. The molecule has 2 aromatic heterocycles. The monoisotopic (exact) mass is 470 g/mol. The molecule has 2 aromatic carbocycles. The highest BCUT2D eigenvalue weighted by Crippen LogP contribution is 2.38. The third-order valence-corrected chi connectivity index (χ3v) is 6.10. The van der Waals surface area contributed by atoms with E-state index in [4.69, 9.17) is 9.47 Å². The standard InChI is InChI=1S/C26H22N4O5/c1-34-20-10-6-17(7-11-20)26(18-8-12-21(35-2)13-9-18)24(32)30(25(33)28-26)16-19-15-23(31)29-14-4-3-5-22(29)27-19/h3-15H,16H2,1-2H3,(H,28,33). The Bertz CT molecular complexity index is 1430. The molecule has 0 radical (unpaired) electrons. The van der Waals surface area contributed by atoms with Gasteiger partial charge in [-0.3, -0.25) is 18.9 Å². The molecule has 3 heterocycles. The van der Waals surface area contributed by atoms with E-state index in [0.29, 0.717) is 34.0 Å². The van der Waals surface area contributed by atoms with Gasteiger partial charge in [-0.05, 0) is 47.5 Å². The molecule has 35 heavy (non-hydrogen) atoms. The zero-order valence-electron chi connectivity index (χ0n) is 19.1. The van der Waals surface area contributed by atoms with Crippen molar-refractivity contribution in [1.29, 1.82) is 0 Å². The van der Waals surface area contributed by atoms with Gasteiger partial charge in [0.1, 0.15) is 17.1 Å². The third-order valence-electron chi connectivity index (χ3n) is 6.10. The fourth-order valence-electron chi connectivity index (χ4n) is 4.31. The van der Waals surface area contributed by atoms with Crippen molar-refractivity contribution in [1.82, 2.24) is 19.6 Å². The second-order valence-electron chi connectivity index (χ2n) is 8.04. The molecular formula is C26H22N4O5. The van der Waals surface area contributed by atoms with Gasteiger partial charge in [-0.2, -0.15) is 0 Å². The number of aromatic nitrogens is 2. The summed E-state index contributed by atoms with van der Waals surface area (Å²) in [6.07, 6.45) is 1.61. The lowest BCUT2D eigenvalue weighted by atomic mass is 9.82. The van der Waals surface area contributed by atoms with Crippen LogP contribution in [0.15, 0.2) is 83.8 Å². The normalized spacial score (nSPS) is 14.7. The van der Waals surface area contributed by atoms with Gasteiger partial charge in [0.05, 0.1) is 26.5 Å². The number of benzene rings is 2. The number of hydrogen-bond donors (Lipinski definition) is 1. The van der Waals surface area contributed by atoms with Gasteiger partial charge in [0.25, 0.3) is 11.5 Å². The number of imide groups is 1. The second kappa shape index (κ2) is 8.60. The number of hydrogen-bond acceptors (Lipinski definition) is 6. The van der Waals surface area contributed by atoms with E-state index in [-0.39, 0.29) is 12.1 Å². The van der Waals surface area contributed by atoms with Crippen molar-refractivity contribution in [2.45, 2.75) is 12.1 Å². The predicted octanol–water partition coefficient (Wildman–Crippen LogP) is 2.71. The first-order valence-corrected chi connectivity index (χ1v) is 10.9. The number of fused-ring (bicyclic) bond motifs is 1. The summed E-state index contributed by atoms with van der Waals surface area (Å²) >= 11 is 0. The molecule has 0 spiro atoms. The van der Waals surface area contributed by atoms with Crippen LogP contribution >= 0.6 is 0 Å². The third kappa shape index (κ3) is 3.67. The number of nitrogens with one attached hydrogen (secondary N) is 1. The van der Waals surface area contributed by atoms with Crippen LogP contribution in [0.1, 0.15) is 16.8 Å². The topological polar surface area (TPSA) is 102 Å². The number of carbonyl (C=O) groups is 2. The molecule has 1 N–H and O–H groups in total. The molecule has 0 aliphatic carbocycles. The molecule has 5 rings (SSSR count). The van der Waals surface area contributed by atoms with E-state index < -0.39 is 17.5 Å². The Hall–Kier alpha value is -4.66. The molecule has 0 atom stereocenters. The van der Waals surface area contributed by atoms with Gasteiger partial charge in [-0.15, -0.1) is 0 Å². The van der Waals surface area contributed by atoms with Gasteiger partial charge < -0.3 is 14.8 Å². The van der Waals surface area contributed by atoms with Crippen LogP contribution in [0, 0.1) is 0 Å². The second-order valence-corrected chi connectivity index (χ2v) is 8.04. The van der Waals surface area contributed by atoms with Gasteiger partial charge in [-0.1, -0.05) is 30.3 Å². The van der Waals surface area contributed by atoms with Crippen LogP contribution in [-0.4, -0.2) is 40.4 Å². The zero-order chi connectivity index (χ0) is 24.6. The van der Waals surface area contributed by atoms with Gasteiger partial charge in [-0.25, -0.2) is 9.78 Å². The van der Waals surface area contributed by atoms with Crippen molar-refractivity contribution in [3.63, 3.8) is 0 Å². The molecule has 4 aromatic rings. The van der Waals surface area contributed by atoms with Crippen molar-refractivity contribution in [2.24, 2.45) is 0 Å². The van der Waals surface area contributed by atoms with Crippen LogP contribution in [0.4, 0.5) is 4.79 Å². The number of nitrogens with zero attached hydrogens (tertiary/aromatic N) is 3. The van der Waals surface area contributed by atoms with Crippen molar-refractivity contribution in [3.8, 4) is 11.5 Å². The summed E-state index contributed by atoms with van der Waals surface area (Å²) in [6, 6.07) is 19.8. The lowest BCUT2D eigenvalue weighted by molar-refractivity contribution is -0.130. The Labute approximate surface area is 200 Å². The molecule has 9 nitrogen and oxygen atoms in total. The SMILES string of the molecule is COc1ccc(C2(c3ccc(OC)cc3)NC(=O)N(Cc3cc(=O)n4ccccc4n3)C2=O)cc1. The van der Waals surface area contributed by atoms with E-state index in [0.717, 1.165) is 4.90 Å². The molecule has 0 bridgehead atoms. The molecule has 9 heteroatoms. The Morgan fingerprint density at radius 2 is 1.46 bits per heavy atom. The summed E-state index contributed by atoms with van der Waals surface area (Å²) in [7, 11) is 3.11. The highest BCUT2D eigenvalue weighted by atomic mass is 16.5. The molecule has 1 aliphatic rings. The van der Waals surface area contributed by atoms with E-state index in [1.165, 1.54) is 10.5 Å². The maximum absolute atomic E-state index is 14.0. The maximum atomic E-state index is 14.0. The number of urea groups is 1. The Morgan fingerprint density at radius 1 is 0.857 bits per heavy atom.